The molecule has 2 heterocycles. The molecule has 0 aromatic carbocycles. The Morgan fingerprint density at radius 2 is 1.00 bits per heavy atom. The molecule has 0 N–H and O–H groups in total. The highest BCUT2D eigenvalue weighted by Crippen LogP contribution is 1.97. The molecule has 2 aliphatic rings. The van der Waals surface area contributed by atoms with Gasteiger partial charge < -0.3 is 0 Å². The standard InChI is InChI=1S/H14Si8/c1-3-7(4-1)8-5-2-6-8/h7-8H,1-6H2. The Morgan fingerprint density at radius 3 is 1.12 bits per heavy atom. The van der Waals surface area contributed by atoms with Crippen LogP contribution in [-0.4, -0.2) is 66.0 Å². The van der Waals surface area contributed by atoms with E-state index in [4.69, 9.17) is 0 Å². The van der Waals surface area contributed by atoms with Gasteiger partial charge in [-0.15, -0.1) is 0 Å². The lowest BCUT2D eigenvalue weighted by molar-refractivity contribution is 3.41. The van der Waals surface area contributed by atoms with Crippen LogP contribution in [0.5, 0.6) is 0 Å². The summed E-state index contributed by atoms with van der Waals surface area (Å²) in [6, 6.07) is 0. The van der Waals surface area contributed by atoms with Crippen LogP contribution in [0.15, 0.2) is 0 Å². The van der Waals surface area contributed by atoms with Crippen LogP contribution in [0, 0.1) is 0 Å². The summed E-state index contributed by atoms with van der Waals surface area (Å²) in [5.41, 5.74) is 0. The van der Waals surface area contributed by atoms with Gasteiger partial charge in [0.05, 0.1) is 0 Å². The first-order chi connectivity index (χ1) is 3.97. The van der Waals surface area contributed by atoms with Gasteiger partial charge in [-0.3, -0.25) is 0 Å². The third-order valence-electron chi connectivity index (χ3n) is 2.97. The van der Waals surface area contributed by atoms with Gasteiger partial charge in [-0.25, -0.2) is 0 Å². The fourth-order valence-corrected chi connectivity index (χ4v) is 377. The van der Waals surface area contributed by atoms with Crippen molar-refractivity contribution in [2.24, 2.45) is 0 Å². The second kappa shape index (κ2) is 2.77. The molecule has 2 fully saturated rings. The van der Waals surface area contributed by atoms with Crippen molar-refractivity contribution in [1.82, 2.24) is 0 Å². The van der Waals surface area contributed by atoms with E-state index in [0.29, 0.717) is 14.7 Å². The summed E-state index contributed by atoms with van der Waals surface area (Å²) in [6.07, 6.45) is 0. The molecule has 0 atom stereocenters. The first-order valence-electron chi connectivity index (χ1n) is 3.97. The van der Waals surface area contributed by atoms with Gasteiger partial charge in [0.1, 0.15) is 0 Å². The number of hydrogen-bond acceptors (Lipinski definition) is 0. The van der Waals surface area contributed by atoms with Gasteiger partial charge in [-0.2, -0.15) is 0 Å². The van der Waals surface area contributed by atoms with Crippen LogP contribution in [0.1, 0.15) is 0 Å². The predicted molar refractivity (Wildman–Crippen MR) is 65.6 cm³/mol. The molecule has 0 unspecified atom stereocenters. The van der Waals surface area contributed by atoms with Crippen molar-refractivity contribution in [2.75, 3.05) is 0 Å². The highest BCUT2D eigenvalue weighted by atomic mass is 30.4. The highest BCUT2D eigenvalue weighted by molar-refractivity contribution is 8.10. The van der Waals surface area contributed by atoms with Crippen LogP contribution < -0.4 is 0 Å². The summed E-state index contributed by atoms with van der Waals surface area (Å²) < 4.78 is 0. The van der Waals surface area contributed by atoms with E-state index in [9.17, 15) is 0 Å². The molecule has 0 bridgehead atoms. The molecule has 0 aromatic rings. The van der Waals surface area contributed by atoms with Gasteiger partial charge in [0, 0.05) is 0 Å². The Balaban J connectivity index is 1.79. The van der Waals surface area contributed by atoms with Crippen molar-refractivity contribution >= 4 is 66.0 Å². The van der Waals surface area contributed by atoms with Crippen LogP contribution in [0.2, 0.25) is 0 Å². The lowest BCUT2D eigenvalue weighted by atomic mass is 25.7. The minimum absolute atomic E-state index is 0.628. The monoisotopic (exact) mass is 238 g/mol. The molecule has 2 aliphatic heterocycles. The second-order valence-corrected chi connectivity index (χ2v) is 91.3. The molecule has 0 saturated carbocycles. The lowest BCUT2D eigenvalue weighted by Gasteiger charge is -2.35. The van der Waals surface area contributed by atoms with Crippen molar-refractivity contribution in [3.8, 4) is 0 Å². The van der Waals surface area contributed by atoms with E-state index in [2.05, 4.69) is 0 Å². The zero-order valence-electron chi connectivity index (χ0n) is 5.40. The minimum Gasteiger partial charge on any atom is -0.00926 e. The van der Waals surface area contributed by atoms with E-state index in [1.807, 2.05) is 0 Å². The Labute approximate surface area is 65.9 Å². The molecule has 8 heavy (non-hydrogen) atoms. The Hall–Kier alpha value is 1.74. The van der Waals surface area contributed by atoms with Crippen molar-refractivity contribution in [3.63, 3.8) is 0 Å². The molecule has 0 radical (unpaired) electrons. The maximum atomic E-state index is 1.00. The molecular formula is H14Si8. The van der Waals surface area contributed by atoms with Crippen molar-refractivity contribution in [2.45, 2.75) is 0 Å². The average molecular weight is 239 g/mol. The summed E-state index contributed by atoms with van der Waals surface area (Å²) in [4.78, 5) is 0. The van der Waals surface area contributed by atoms with Crippen LogP contribution >= 0.6 is 0 Å². The quantitative estimate of drug-likeness (QED) is 0.399. The lowest BCUT2D eigenvalue weighted by Crippen LogP contribution is -2.72. The molecule has 0 amide bonds. The Morgan fingerprint density at radius 1 is 0.625 bits per heavy atom. The van der Waals surface area contributed by atoms with E-state index in [-0.39, 0.29) is 0 Å². The van der Waals surface area contributed by atoms with Crippen LogP contribution in [-0.2, 0) is 0 Å². The maximum absolute atomic E-state index is 1.00. The SMILES string of the molecule is [SiH2]1[SiH2][SiH]([SiH]2[SiH2][SiH2][SiH2]2)[SiH2]1. The van der Waals surface area contributed by atoms with Gasteiger partial charge in [0.25, 0.3) is 0 Å². The first kappa shape index (κ1) is 6.45. The van der Waals surface area contributed by atoms with Gasteiger partial charge in [-0.1, -0.05) is 0 Å². The normalized spacial score (nSPS) is 63.0. The summed E-state index contributed by atoms with van der Waals surface area (Å²) in [7, 11) is 7.22. The topological polar surface area (TPSA) is 0 Å². The van der Waals surface area contributed by atoms with Crippen LogP contribution in [0.4, 0.5) is 0 Å². The van der Waals surface area contributed by atoms with Gasteiger partial charge in [0.2, 0.25) is 0 Å². The van der Waals surface area contributed by atoms with E-state index >= 15 is 0 Å². The second-order valence-electron chi connectivity index (χ2n) is 3.38. The number of hydrogen-bond donors (Lipinski definition) is 0. The largest absolute Gasteiger partial charge is 0.00926 e. The average Bonchev–Trinajstić information content (AvgIpc) is 1.47. The van der Waals surface area contributed by atoms with Gasteiger partial charge in [0.15, 0.2) is 0 Å². The molecule has 0 aliphatic carbocycles. The van der Waals surface area contributed by atoms with E-state index in [1.54, 1.807) is 0 Å². The fraction of sp³-hybridized carbons (Fsp3) is 0. The zero-order chi connectivity index (χ0) is 5.40. The maximum Gasteiger partial charge on any atom is -0.00647 e. The van der Waals surface area contributed by atoms with Crippen molar-refractivity contribution in [3.05, 3.63) is 0 Å². The van der Waals surface area contributed by atoms with E-state index in [1.165, 1.54) is 0 Å². The fourth-order valence-electron chi connectivity index (χ4n) is 1.82. The first-order valence-corrected chi connectivity index (χ1v) is 35.7. The van der Waals surface area contributed by atoms with E-state index < -0.39 is 0 Å². The molecule has 8 heteroatoms. The minimum atomic E-state index is 0.628. The summed E-state index contributed by atoms with van der Waals surface area (Å²) in [5, 5.41) is 0. The summed E-state index contributed by atoms with van der Waals surface area (Å²) >= 11 is 0. The van der Waals surface area contributed by atoms with E-state index in [0.717, 1.165) is 51.3 Å². The smallest absolute Gasteiger partial charge is 0.00647 e. The number of rotatable bonds is 1. The molecule has 2 saturated heterocycles. The molecule has 0 spiro atoms. The van der Waals surface area contributed by atoms with Crippen LogP contribution in [0.3, 0.4) is 0 Å². The van der Waals surface area contributed by atoms with Crippen molar-refractivity contribution < 1.29 is 0 Å². The third-order valence-corrected chi connectivity index (χ3v) is 240. The Kier molecular flexibility index (Phi) is 2.23. The molecule has 2 rings (SSSR count). The molecule has 46 valence electrons. The molecule has 0 aromatic heterocycles. The van der Waals surface area contributed by atoms with Gasteiger partial charge in [-0.05, 0) is 66.0 Å². The Bertz CT molecular complexity index is 66.0. The van der Waals surface area contributed by atoms with Crippen LogP contribution in [0.25, 0.3) is 0 Å². The third kappa shape index (κ3) is 1.12. The molecule has 0 nitrogen and oxygen atoms in total. The van der Waals surface area contributed by atoms with Crippen molar-refractivity contribution in [1.29, 1.82) is 0 Å². The van der Waals surface area contributed by atoms with Gasteiger partial charge >= 0.3 is 0 Å². The summed E-state index contributed by atoms with van der Waals surface area (Å²) in [6.45, 7) is 0. The highest BCUT2D eigenvalue weighted by Gasteiger charge is 2.34. The summed E-state index contributed by atoms with van der Waals surface area (Å²) in [5.74, 6) is 0. The molecular weight excluding hydrogens is 225 g/mol. The zero-order valence-corrected chi connectivity index (χ0v) is 16.2. The predicted octanol–water partition coefficient (Wildman–Crippen LogP) is -6.79.